The van der Waals surface area contributed by atoms with Crippen molar-refractivity contribution in [3.8, 4) is 0 Å². The molecule has 104 valence electrons. The topological polar surface area (TPSA) is 98.5 Å². The summed E-state index contributed by atoms with van der Waals surface area (Å²) in [6, 6.07) is 13.6. The van der Waals surface area contributed by atoms with Crippen LogP contribution in [0.4, 0.5) is 5.69 Å². The van der Waals surface area contributed by atoms with Gasteiger partial charge >= 0.3 is 10.1 Å². The molecule has 1 amide bonds. The van der Waals surface area contributed by atoms with Crippen LogP contribution in [0.3, 0.4) is 0 Å². The fourth-order valence-electron chi connectivity index (χ4n) is 1.47. The predicted octanol–water partition coefficient (Wildman–Crippen LogP) is 1.32. The van der Waals surface area contributed by atoms with Crippen LogP contribution in [0, 0.1) is 0 Å². The van der Waals surface area contributed by atoms with E-state index in [1.807, 2.05) is 5.48 Å². The van der Waals surface area contributed by atoms with E-state index in [2.05, 4.69) is 4.28 Å². The second kappa shape index (κ2) is 5.72. The van der Waals surface area contributed by atoms with Gasteiger partial charge in [0.05, 0.1) is 4.90 Å². The lowest BCUT2D eigenvalue weighted by Crippen LogP contribution is -2.27. The van der Waals surface area contributed by atoms with Crippen LogP contribution >= 0.6 is 0 Å². The highest BCUT2D eigenvalue weighted by molar-refractivity contribution is 7.86. The second-order valence-corrected chi connectivity index (χ2v) is 5.45. The van der Waals surface area contributed by atoms with Crippen LogP contribution < -0.4 is 11.2 Å². The van der Waals surface area contributed by atoms with E-state index in [9.17, 15) is 13.2 Å². The molecule has 0 aromatic heterocycles. The smallest absolute Gasteiger partial charge is 0.317 e. The zero-order valence-electron chi connectivity index (χ0n) is 10.3. The summed E-state index contributed by atoms with van der Waals surface area (Å²) in [6.45, 7) is 0. The Balaban J connectivity index is 2.07. The molecule has 0 spiro atoms. The van der Waals surface area contributed by atoms with E-state index in [-0.39, 0.29) is 10.5 Å². The van der Waals surface area contributed by atoms with Gasteiger partial charge in [0.1, 0.15) is 0 Å². The summed E-state index contributed by atoms with van der Waals surface area (Å²) in [4.78, 5) is 11.7. The Morgan fingerprint density at radius 2 is 1.75 bits per heavy atom. The van der Waals surface area contributed by atoms with Crippen molar-refractivity contribution in [1.29, 1.82) is 0 Å². The summed E-state index contributed by atoms with van der Waals surface area (Å²) in [5, 5.41) is 0. The van der Waals surface area contributed by atoms with Crippen molar-refractivity contribution in [3.63, 3.8) is 0 Å². The molecule has 0 saturated carbocycles. The van der Waals surface area contributed by atoms with E-state index in [1.54, 1.807) is 30.3 Å². The van der Waals surface area contributed by atoms with Crippen LogP contribution in [0.2, 0.25) is 0 Å². The first kappa shape index (κ1) is 14.0. The summed E-state index contributed by atoms with van der Waals surface area (Å²) in [5.41, 5.74) is 8.01. The third kappa shape index (κ3) is 3.34. The van der Waals surface area contributed by atoms with Gasteiger partial charge in [-0.25, -0.2) is 5.48 Å². The van der Waals surface area contributed by atoms with E-state index in [4.69, 9.17) is 5.73 Å². The molecule has 0 unspecified atom stereocenters. The van der Waals surface area contributed by atoms with Gasteiger partial charge in [0.25, 0.3) is 5.91 Å². The first-order valence-corrected chi connectivity index (χ1v) is 7.04. The lowest BCUT2D eigenvalue weighted by Gasteiger charge is -2.06. The van der Waals surface area contributed by atoms with Gasteiger partial charge in [-0.05, 0) is 30.3 Å². The zero-order valence-corrected chi connectivity index (χ0v) is 11.1. The summed E-state index contributed by atoms with van der Waals surface area (Å²) in [7, 11) is -4.04. The van der Waals surface area contributed by atoms with Gasteiger partial charge in [-0.1, -0.05) is 24.3 Å². The van der Waals surface area contributed by atoms with Crippen LogP contribution in [-0.2, 0) is 14.4 Å². The van der Waals surface area contributed by atoms with Gasteiger partial charge in [0, 0.05) is 11.3 Å². The summed E-state index contributed by atoms with van der Waals surface area (Å²) in [6.07, 6.45) is 0. The van der Waals surface area contributed by atoms with Crippen LogP contribution in [0.1, 0.15) is 10.4 Å². The molecule has 0 atom stereocenters. The number of hydroxylamine groups is 1. The number of carbonyl (C=O) groups excluding carboxylic acids is 1. The maximum atomic E-state index is 11.8. The highest BCUT2D eigenvalue weighted by atomic mass is 32.2. The average molecular weight is 292 g/mol. The fourth-order valence-corrected chi connectivity index (χ4v) is 2.24. The number of amides is 1. The monoisotopic (exact) mass is 292 g/mol. The number of rotatable bonds is 4. The standard InChI is InChI=1S/C13H12N2O4S/c14-11-6-4-5-10(9-11)13(16)15-19-20(17,18)12-7-2-1-3-8-12/h1-9H,14H2,(H,15,16). The number of nitrogens with two attached hydrogens (primary N) is 1. The third-order valence-corrected chi connectivity index (χ3v) is 3.58. The number of hydrogen-bond acceptors (Lipinski definition) is 5. The second-order valence-electron chi connectivity index (χ2n) is 3.91. The largest absolute Gasteiger partial charge is 0.399 e. The molecule has 7 heteroatoms. The van der Waals surface area contributed by atoms with Gasteiger partial charge in [-0.3, -0.25) is 4.79 Å². The maximum absolute atomic E-state index is 11.8. The van der Waals surface area contributed by atoms with Crippen molar-refractivity contribution >= 4 is 21.7 Å². The maximum Gasteiger partial charge on any atom is 0.317 e. The van der Waals surface area contributed by atoms with Gasteiger partial charge in [0.2, 0.25) is 0 Å². The molecular formula is C13H12N2O4S. The molecule has 0 radical (unpaired) electrons. The molecular weight excluding hydrogens is 280 g/mol. The van der Waals surface area contributed by atoms with Crippen molar-refractivity contribution in [2.45, 2.75) is 4.90 Å². The van der Waals surface area contributed by atoms with Crippen LogP contribution in [-0.4, -0.2) is 14.3 Å². The fraction of sp³-hybridized carbons (Fsp3) is 0. The number of nitrogens with one attached hydrogen (secondary N) is 1. The normalized spacial score (nSPS) is 11.0. The van der Waals surface area contributed by atoms with Crippen LogP contribution in [0.5, 0.6) is 0 Å². The average Bonchev–Trinajstić information content (AvgIpc) is 2.46. The van der Waals surface area contributed by atoms with Crippen molar-refractivity contribution in [3.05, 3.63) is 60.2 Å². The number of benzene rings is 2. The zero-order chi connectivity index (χ0) is 14.6. The molecule has 2 aromatic carbocycles. The minimum atomic E-state index is -4.04. The van der Waals surface area contributed by atoms with E-state index < -0.39 is 16.0 Å². The summed E-state index contributed by atoms with van der Waals surface area (Å²) < 4.78 is 28.0. The van der Waals surface area contributed by atoms with Gasteiger partial charge in [0.15, 0.2) is 0 Å². The van der Waals surface area contributed by atoms with Crippen molar-refractivity contribution < 1.29 is 17.5 Å². The van der Waals surface area contributed by atoms with E-state index in [1.165, 1.54) is 24.3 Å². The molecule has 0 aliphatic carbocycles. The SMILES string of the molecule is Nc1cccc(C(=O)NOS(=O)(=O)c2ccccc2)c1. The first-order valence-electron chi connectivity index (χ1n) is 5.63. The number of nitrogen functional groups attached to an aromatic ring is 1. The van der Waals surface area contributed by atoms with E-state index >= 15 is 0 Å². The molecule has 0 fully saturated rings. The quantitative estimate of drug-likeness (QED) is 0.654. The Morgan fingerprint density at radius 3 is 2.40 bits per heavy atom. The Morgan fingerprint density at radius 1 is 1.05 bits per heavy atom. The van der Waals surface area contributed by atoms with Crippen LogP contribution in [0.15, 0.2) is 59.5 Å². The predicted molar refractivity (Wildman–Crippen MR) is 73.0 cm³/mol. The molecule has 0 heterocycles. The molecule has 6 nitrogen and oxygen atoms in total. The molecule has 2 rings (SSSR count). The lowest BCUT2D eigenvalue weighted by molar-refractivity contribution is 0.0770. The van der Waals surface area contributed by atoms with Crippen molar-refractivity contribution in [1.82, 2.24) is 5.48 Å². The van der Waals surface area contributed by atoms with Gasteiger partial charge < -0.3 is 5.73 Å². The molecule has 0 aliphatic heterocycles. The van der Waals surface area contributed by atoms with E-state index in [0.717, 1.165) is 0 Å². The minimum absolute atomic E-state index is 0.0483. The van der Waals surface area contributed by atoms with Gasteiger partial charge in [-0.2, -0.15) is 8.42 Å². The lowest BCUT2D eigenvalue weighted by atomic mass is 10.2. The highest BCUT2D eigenvalue weighted by Crippen LogP contribution is 2.11. The number of carbonyl (C=O) groups is 1. The summed E-state index contributed by atoms with van der Waals surface area (Å²) >= 11 is 0. The van der Waals surface area contributed by atoms with Gasteiger partial charge in [-0.15, -0.1) is 4.28 Å². The first-order chi connectivity index (χ1) is 9.49. The molecule has 0 aliphatic rings. The van der Waals surface area contributed by atoms with Crippen molar-refractivity contribution in [2.24, 2.45) is 0 Å². The molecule has 2 aromatic rings. The van der Waals surface area contributed by atoms with Crippen LogP contribution in [0.25, 0.3) is 0 Å². The molecule has 0 bridgehead atoms. The molecule has 0 saturated heterocycles. The van der Waals surface area contributed by atoms with E-state index in [0.29, 0.717) is 5.69 Å². The number of anilines is 1. The Hall–Kier alpha value is -2.38. The summed E-state index contributed by atoms with van der Waals surface area (Å²) in [5.74, 6) is -0.697. The Kier molecular flexibility index (Phi) is 4.02. The van der Waals surface area contributed by atoms with Crippen molar-refractivity contribution in [2.75, 3.05) is 5.73 Å². The Labute approximate surface area is 116 Å². The highest BCUT2D eigenvalue weighted by Gasteiger charge is 2.17. The minimum Gasteiger partial charge on any atom is -0.399 e. The Bertz CT molecular complexity index is 714. The number of hydrogen-bond donors (Lipinski definition) is 2. The molecule has 3 N–H and O–H groups in total. The third-order valence-electron chi connectivity index (χ3n) is 2.42. The molecule has 20 heavy (non-hydrogen) atoms.